The zero-order valence-corrected chi connectivity index (χ0v) is 13.2. The Morgan fingerprint density at radius 2 is 1.89 bits per heavy atom. The maximum atomic E-state index is 13.4. The summed E-state index contributed by atoms with van der Waals surface area (Å²) in [5.41, 5.74) is -0.113. The molecule has 0 fully saturated rings. The van der Waals surface area contributed by atoms with Gasteiger partial charge in [-0.15, -0.1) is 0 Å². The van der Waals surface area contributed by atoms with Gasteiger partial charge in [0, 0.05) is 5.54 Å². The molecule has 0 aliphatic carbocycles. The first-order valence-electron chi connectivity index (χ1n) is 5.58. The summed E-state index contributed by atoms with van der Waals surface area (Å²) in [6, 6.07) is 2.56. The van der Waals surface area contributed by atoms with Crippen molar-refractivity contribution in [2.24, 2.45) is 0 Å². The van der Waals surface area contributed by atoms with Crippen LogP contribution in [0.1, 0.15) is 33.3 Å². The van der Waals surface area contributed by atoms with Crippen molar-refractivity contribution in [2.45, 2.75) is 44.6 Å². The van der Waals surface area contributed by atoms with Gasteiger partial charge in [-0.3, -0.25) is 0 Å². The molecule has 1 N–H and O–H groups in total. The van der Waals surface area contributed by atoms with E-state index in [2.05, 4.69) is 20.7 Å². The van der Waals surface area contributed by atoms with E-state index in [1.165, 1.54) is 12.1 Å². The predicted octanol–water partition coefficient (Wildman–Crippen LogP) is 3.23. The molecule has 0 saturated carbocycles. The first kappa shape index (κ1) is 15.6. The number of aryl methyl sites for hydroxylation is 1. The fourth-order valence-corrected chi connectivity index (χ4v) is 3.79. The predicted molar refractivity (Wildman–Crippen MR) is 73.6 cm³/mol. The summed E-state index contributed by atoms with van der Waals surface area (Å²) in [4.78, 5) is 0.119. The van der Waals surface area contributed by atoms with Crippen LogP contribution in [0.15, 0.2) is 21.5 Å². The lowest BCUT2D eigenvalue weighted by Gasteiger charge is -2.21. The zero-order valence-electron chi connectivity index (χ0n) is 10.8. The number of rotatable bonds is 3. The largest absolute Gasteiger partial charge is 0.241 e. The molecule has 3 nitrogen and oxygen atoms in total. The summed E-state index contributed by atoms with van der Waals surface area (Å²) in [6.45, 7) is 7.07. The van der Waals surface area contributed by atoms with Crippen LogP contribution in [0.2, 0.25) is 0 Å². The first-order chi connectivity index (χ1) is 8.07. The summed E-state index contributed by atoms with van der Waals surface area (Å²) in [5.74, 6) is -0.457. The molecule has 0 unspecified atom stereocenters. The lowest BCUT2D eigenvalue weighted by atomic mass is 10.1. The molecule has 0 aliphatic rings. The Balaban J connectivity index is 3.36. The topological polar surface area (TPSA) is 46.2 Å². The van der Waals surface area contributed by atoms with Crippen molar-refractivity contribution >= 4 is 26.0 Å². The van der Waals surface area contributed by atoms with Crippen LogP contribution in [-0.2, 0) is 16.4 Å². The SMILES string of the molecule is CCc1cc(F)c(Br)cc1S(=O)(=O)NC(C)(C)C. The zero-order chi connectivity index (χ0) is 14.1. The summed E-state index contributed by atoms with van der Waals surface area (Å²) < 4.78 is 40.6. The van der Waals surface area contributed by atoms with E-state index in [1.807, 2.05) is 0 Å². The molecule has 1 aromatic carbocycles. The minimum atomic E-state index is -3.65. The van der Waals surface area contributed by atoms with Crippen LogP contribution in [0.25, 0.3) is 0 Å². The number of benzene rings is 1. The van der Waals surface area contributed by atoms with Crippen LogP contribution < -0.4 is 4.72 Å². The van der Waals surface area contributed by atoms with Crippen LogP contribution in [0.3, 0.4) is 0 Å². The fourth-order valence-electron chi connectivity index (χ4n) is 1.55. The Morgan fingerprint density at radius 3 is 2.33 bits per heavy atom. The second-order valence-corrected chi connectivity index (χ2v) is 7.59. The minimum absolute atomic E-state index is 0.119. The maximum Gasteiger partial charge on any atom is 0.241 e. The third kappa shape index (κ3) is 3.76. The van der Waals surface area contributed by atoms with Gasteiger partial charge in [0.05, 0.1) is 9.37 Å². The molecule has 0 aromatic heterocycles. The van der Waals surface area contributed by atoms with Gasteiger partial charge in [0.25, 0.3) is 0 Å². The average Bonchev–Trinajstić information content (AvgIpc) is 2.17. The van der Waals surface area contributed by atoms with Gasteiger partial charge < -0.3 is 0 Å². The van der Waals surface area contributed by atoms with Crippen molar-refractivity contribution < 1.29 is 12.8 Å². The molecular formula is C12H17BrFNO2S. The number of sulfonamides is 1. The van der Waals surface area contributed by atoms with E-state index in [0.29, 0.717) is 12.0 Å². The highest BCUT2D eigenvalue weighted by atomic mass is 79.9. The van der Waals surface area contributed by atoms with Crippen LogP contribution in [0.5, 0.6) is 0 Å². The summed E-state index contributed by atoms with van der Waals surface area (Å²) in [6.07, 6.45) is 0.449. The minimum Gasteiger partial charge on any atom is -0.207 e. The Hall–Kier alpha value is -0.460. The van der Waals surface area contributed by atoms with Crippen molar-refractivity contribution in [3.63, 3.8) is 0 Å². The molecule has 102 valence electrons. The Kier molecular flexibility index (Phi) is 4.56. The molecule has 0 amide bonds. The Morgan fingerprint density at radius 1 is 1.33 bits per heavy atom. The number of halogens is 2. The third-order valence-electron chi connectivity index (χ3n) is 2.21. The maximum absolute atomic E-state index is 13.4. The van der Waals surface area contributed by atoms with Crippen molar-refractivity contribution in [3.05, 3.63) is 28.0 Å². The lowest BCUT2D eigenvalue weighted by Crippen LogP contribution is -2.40. The van der Waals surface area contributed by atoms with Gasteiger partial charge in [-0.1, -0.05) is 6.92 Å². The van der Waals surface area contributed by atoms with Gasteiger partial charge in [0.15, 0.2) is 0 Å². The standard InChI is InChI=1S/C12H17BrFNO2S/c1-5-8-6-10(14)9(13)7-11(8)18(16,17)15-12(2,3)4/h6-7,15H,5H2,1-4H3. The van der Waals surface area contributed by atoms with E-state index in [1.54, 1.807) is 27.7 Å². The van der Waals surface area contributed by atoms with Gasteiger partial charge in [-0.25, -0.2) is 17.5 Å². The van der Waals surface area contributed by atoms with Gasteiger partial charge in [-0.2, -0.15) is 0 Å². The lowest BCUT2D eigenvalue weighted by molar-refractivity contribution is 0.491. The molecule has 0 saturated heterocycles. The molecule has 1 rings (SSSR count). The molecule has 0 atom stereocenters. The molecule has 0 spiro atoms. The number of hydrogen-bond acceptors (Lipinski definition) is 2. The number of nitrogens with one attached hydrogen (secondary N) is 1. The van der Waals surface area contributed by atoms with E-state index in [9.17, 15) is 12.8 Å². The van der Waals surface area contributed by atoms with Crippen molar-refractivity contribution in [1.29, 1.82) is 0 Å². The van der Waals surface area contributed by atoms with Gasteiger partial charge in [0.1, 0.15) is 5.82 Å². The summed E-state index contributed by atoms with van der Waals surface area (Å²) in [7, 11) is -3.65. The Labute approximate surface area is 116 Å². The molecular weight excluding hydrogens is 321 g/mol. The Bertz CT molecular complexity index is 550. The van der Waals surface area contributed by atoms with Gasteiger partial charge in [0.2, 0.25) is 10.0 Å². The molecule has 0 aliphatic heterocycles. The van der Waals surface area contributed by atoms with Crippen molar-refractivity contribution in [2.75, 3.05) is 0 Å². The molecule has 0 bridgehead atoms. The second-order valence-electron chi connectivity index (χ2n) is 5.08. The summed E-state index contributed by atoms with van der Waals surface area (Å²) >= 11 is 3.01. The van der Waals surface area contributed by atoms with Crippen molar-refractivity contribution in [3.8, 4) is 0 Å². The second kappa shape index (κ2) is 5.27. The number of hydrogen-bond donors (Lipinski definition) is 1. The third-order valence-corrected chi connectivity index (χ3v) is 4.66. The van der Waals surface area contributed by atoms with Crippen LogP contribution in [0, 0.1) is 5.82 Å². The van der Waals surface area contributed by atoms with Crippen LogP contribution in [-0.4, -0.2) is 14.0 Å². The van der Waals surface area contributed by atoms with E-state index in [0.717, 1.165) is 0 Å². The molecule has 6 heteroatoms. The molecule has 0 heterocycles. The highest BCUT2D eigenvalue weighted by Crippen LogP contribution is 2.25. The van der Waals surface area contributed by atoms with E-state index in [-0.39, 0.29) is 9.37 Å². The van der Waals surface area contributed by atoms with Gasteiger partial charge in [-0.05, 0) is 60.8 Å². The smallest absolute Gasteiger partial charge is 0.207 e. The van der Waals surface area contributed by atoms with E-state index >= 15 is 0 Å². The normalized spacial score (nSPS) is 12.8. The average molecular weight is 338 g/mol. The molecule has 1 aromatic rings. The van der Waals surface area contributed by atoms with Crippen molar-refractivity contribution in [1.82, 2.24) is 4.72 Å². The highest BCUT2D eigenvalue weighted by Gasteiger charge is 2.25. The van der Waals surface area contributed by atoms with Crippen LogP contribution in [0.4, 0.5) is 4.39 Å². The van der Waals surface area contributed by atoms with E-state index < -0.39 is 21.4 Å². The summed E-state index contributed by atoms with van der Waals surface area (Å²) in [5, 5.41) is 0. The van der Waals surface area contributed by atoms with Crippen LogP contribution >= 0.6 is 15.9 Å². The van der Waals surface area contributed by atoms with Gasteiger partial charge >= 0.3 is 0 Å². The highest BCUT2D eigenvalue weighted by molar-refractivity contribution is 9.10. The fraction of sp³-hybridized carbons (Fsp3) is 0.500. The first-order valence-corrected chi connectivity index (χ1v) is 7.86. The quantitative estimate of drug-likeness (QED) is 0.920. The molecule has 0 radical (unpaired) electrons. The molecule has 18 heavy (non-hydrogen) atoms. The monoisotopic (exact) mass is 337 g/mol. The van der Waals surface area contributed by atoms with E-state index in [4.69, 9.17) is 0 Å².